The molecule has 2 heterocycles. The SMILES string of the molecule is CS(=O)(=O)N1CCN(CC(N)=O)CC1c1nc2ccccc2s1. The Bertz CT molecular complexity index is 800. The fraction of sp³-hybridized carbons (Fsp3) is 0.429. The summed E-state index contributed by atoms with van der Waals surface area (Å²) in [5.41, 5.74) is 6.12. The van der Waals surface area contributed by atoms with E-state index < -0.39 is 22.0 Å². The Hall–Kier alpha value is -1.55. The van der Waals surface area contributed by atoms with Crippen molar-refractivity contribution in [2.45, 2.75) is 6.04 Å². The molecule has 7 nitrogen and oxygen atoms in total. The molecular weight excluding hydrogens is 336 g/mol. The number of nitrogens with zero attached hydrogens (tertiary/aromatic N) is 3. The number of hydrogen-bond acceptors (Lipinski definition) is 6. The van der Waals surface area contributed by atoms with Gasteiger partial charge in [-0.25, -0.2) is 13.4 Å². The lowest BCUT2D eigenvalue weighted by atomic mass is 10.2. The van der Waals surface area contributed by atoms with E-state index in [1.165, 1.54) is 21.9 Å². The van der Waals surface area contributed by atoms with E-state index in [-0.39, 0.29) is 6.54 Å². The molecular formula is C14H18N4O3S2. The molecule has 9 heteroatoms. The molecule has 0 aliphatic carbocycles. The number of benzene rings is 1. The van der Waals surface area contributed by atoms with Gasteiger partial charge in [-0.15, -0.1) is 11.3 Å². The summed E-state index contributed by atoms with van der Waals surface area (Å²) in [5, 5.41) is 0.741. The fourth-order valence-electron chi connectivity index (χ4n) is 2.82. The van der Waals surface area contributed by atoms with Crippen molar-refractivity contribution >= 4 is 37.5 Å². The smallest absolute Gasteiger partial charge is 0.231 e. The molecule has 1 aromatic heterocycles. The van der Waals surface area contributed by atoms with E-state index in [1.807, 2.05) is 29.2 Å². The van der Waals surface area contributed by atoms with E-state index in [0.29, 0.717) is 19.6 Å². The number of fused-ring (bicyclic) bond motifs is 1. The van der Waals surface area contributed by atoms with Crippen molar-refractivity contribution < 1.29 is 13.2 Å². The number of aromatic nitrogens is 1. The highest BCUT2D eigenvalue weighted by molar-refractivity contribution is 7.88. The zero-order chi connectivity index (χ0) is 16.6. The van der Waals surface area contributed by atoms with Gasteiger partial charge in [0.05, 0.1) is 29.1 Å². The van der Waals surface area contributed by atoms with Gasteiger partial charge in [-0.1, -0.05) is 12.1 Å². The Morgan fingerprint density at radius 3 is 2.78 bits per heavy atom. The Morgan fingerprint density at radius 1 is 1.39 bits per heavy atom. The van der Waals surface area contributed by atoms with Crippen LogP contribution < -0.4 is 5.73 Å². The van der Waals surface area contributed by atoms with E-state index in [1.54, 1.807) is 0 Å². The maximum atomic E-state index is 12.1. The normalized spacial score (nSPS) is 20.8. The van der Waals surface area contributed by atoms with Crippen LogP contribution in [-0.2, 0) is 14.8 Å². The number of hydrogen-bond donors (Lipinski definition) is 1. The van der Waals surface area contributed by atoms with Gasteiger partial charge in [0.1, 0.15) is 5.01 Å². The quantitative estimate of drug-likeness (QED) is 0.857. The number of nitrogens with two attached hydrogens (primary N) is 1. The number of sulfonamides is 1. The molecule has 23 heavy (non-hydrogen) atoms. The number of thiazole rings is 1. The van der Waals surface area contributed by atoms with Gasteiger partial charge in [0.2, 0.25) is 15.9 Å². The minimum absolute atomic E-state index is 0.124. The molecule has 3 rings (SSSR count). The van der Waals surface area contributed by atoms with Crippen molar-refractivity contribution in [1.29, 1.82) is 0 Å². The largest absolute Gasteiger partial charge is 0.369 e. The summed E-state index contributed by atoms with van der Waals surface area (Å²) < 4.78 is 26.7. The first-order valence-corrected chi connectivity index (χ1v) is 9.84. The third-order valence-electron chi connectivity index (χ3n) is 3.82. The number of piperazine rings is 1. The minimum atomic E-state index is -3.36. The molecule has 1 aliphatic rings. The van der Waals surface area contributed by atoms with Crippen LogP contribution in [0.15, 0.2) is 24.3 Å². The summed E-state index contributed by atoms with van der Waals surface area (Å²) in [7, 11) is -3.36. The van der Waals surface area contributed by atoms with Crippen molar-refractivity contribution in [2.24, 2.45) is 5.73 Å². The van der Waals surface area contributed by atoms with Gasteiger partial charge in [-0.05, 0) is 12.1 Å². The third-order valence-corrected chi connectivity index (χ3v) is 6.24. The molecule has 1 amide bonds. The number of primary amides is 1. The Kier molecular flexibility index (Phi) is 4.37. The van der Waals surface area contributed by atoms with E-state index in [4.69, 9.17) is 5.73 Å². The van der Waals surface area contributed by atoms with Crippen LogP contribution in [0.5, 0.6) is 0 Å². The average Bonchev–Trinajstić information content (AvgIpc) is 2.89. The first-order valence-electron chi connectivity index (χ1n) is 7.17. The highest BCUT2D eigenvalue weighted by atomic mass is 32.2. The third kappa shape index (κ3) is 3.52. The number of carbonyl (C=O) groups is 1. The molecule has 0 spiro atoms. The van der Waals surface area contributed by atoms with Gasteiger partial charge in [0, 0.05) is 19.6 Å². The fourth-order valence-corrected chi connectivity index (χ4v) is 5.00. The molecule has 1 atom stereocenters. The van der Waals surface area contributed by atoms with Gasteiger partial charge < -0.3 is 5.73 Å². The average molecular weight is 354 g/mol. The van der Waals surface area contributed by atoms with Crippen LogP contribution in [0.1, 0.15) is 11.0 Å². The van der Waals surface area contributed by atoms with Gasteiger partial charge >= 0.3 is 0 Å². The zero-order valence-corrected chi connectivity index (χ0v) is 14.3. The number of amides is 1. The van der Waals surface area contributed by atoms with Crippen LogP contribution in [0.2, 0.25) is 0 Å². The summed E-state index contributed by atoms with van der Waals surface area (Å²) in [6.07, 6.45) is 1.21. The second kappa shape index (κ2) is 6.16. The second-order valence-corrected chi connectivity index (χ2v) is 8.61. The second-order valence-electron chi connectivity index (χ2n) is 5.61. The highest BCUT2D eigenvalue weighted by Crippen LogP contribution is 2.33. The molecule has 1 saturated heterocycles. The van der Waals surface area contributed by atoms with Crippen LogP contribution in [0, 0.1) is 0 Å². The van der Waals surface area contributed by atoms with E-state index >= 15 is 0 Å². The summed E-state index contributed by atoms with van der Waals surface area (Å²) in [6.45, 7) is 1.35. The Labute approximate surface area is 138 Å². The first-order chi connectivity index (χ1) is 10.8. The highest BCUT2D eigenvalue weighted by Gasteiger charge is 2.36. The molecule has 1 fully saturated rings. The minimum Gasteiger partial charge on any atom is -0.369 e. The van der Waals surface area contributed by atoms with E-state index in [9.17, 15) is 13.2 Å². The predicted octanol–water partition coefficient (Wildman–Crippen LogP) is 0.400. The van der Waals surface area contributed by atoms with Gasteiger partial charge in [-0.2, -0.15) is 4.31 Å². The van der Waals surface area contributed by atoms with Crippen molar-refractivity contribution in [3.05, 3.63) is 29.3 Å². The van der Waals surface area contributed by atoms with E-state index in [2.05, 4.69) is 4.98 Å². The molecule has 2 aromatic rings. The molecule has 1 aliphatic heterocycles. The molecule has 124 valence electrons. The molecule has 1 unspecified atom stereocenters. The number of para-hydroxylation sites is 1. The molecule has 0 bridgehead atoms. The maximum Gasteiger partial charge on any atom is 0.231 e. The molecule has 0 saturated carbocycles. The van der Waals surface area contributed by atoms with Crippen molar-refractivity contribution in [2.75, 3.05) is 32.4 Å². The number of rotatable bonds is 4. The Morgan fingerprint density at radius 2 is 2.13 bits per heavy atom. The van der Waals surface area contributed by atoms with Crippen molar-refractivity contribution in [3.63, 3.8) is 0 Å². The lowest BCUT2D eigenvalue weighted by molar-refractivity contribution is -0.119. The van der Waals surface area contributed by atoms with E-state index in [0.717, 1.165) is 15.2 Å². The lowest BCUT2D eigenvalue weighted by Crippen LogP contribution is -2.51. The first kappa shape index (κ1) is 16.3. The number of carbonyl (C=O) groups excluding carboxylic acids is 1. The summed E-state index contributed by atoms with van der Waals surface area (Å²) >= 11 is 1.48. The van der Waals surface area contributed by atoms with Crippen LogP contribution in [0.4, 0.5) is 0 Å². The van der Waals surface area contributed by atoms with Gasteiger partial charge in [0.15, 0.2) is 0 Å². The van der Waals surface area contributed by atoms with Crippen molar-refractivity contribution in [3.8, 4) is 0 Å². The predicted molar refractivity (Wildman–Crippen MR) is 89.5 cm³/mol. The monoisotopic (exact) mass is 354 g/mol. The zero-order valence-electron chi connectivity index (χ0n) is 12.7. The van der Waals surface area contributed by atoms with Crippen molar-refractivity contribution in [1.82, 2.24) is 14.2 Å². The standard InChI is InChI=1S/C14H18N4O3S2/c1-23(20,21)18-7-6-17(9-13(15)19)8-11(18)14-16-10-4-2-3-5-12(10)22-14/h2-5,11H,6-9H2,1H3,(H2,15,19). The van der Waals surface area contributed by atoms with Crippen LogP contribution in [0.25, 0.3) is 10.2 Å². The molecule has 1 aromatic carbocycles. The van der Waals surface area contributed by atoms with Crippen LogP contribution in [0.3, 0.4) is 0 Å². The molecule has 0 radical (unpaired) electrons. The summed E-state index contributed by atoms with van der Waals surface area (Å²) in [6, 6.07) is 7.31. The van der Waals surface area contributed by atoms with Crippen LogP contribution in [-0.4, -0.2) is 60.9 Å². The van der Waals surface area contributed by atoms with Gasteiger partial charge in [-0.3, -0.25) is 9.69 Å². The van der Waals surface area contributed by atoms with Gasteiger partial charge in [0.25, 0.3) is 0 Å². The summed E-state index contributed by atoms with van der Waals surface area (Å²) in [5.74, 6) is -0.416. The Balaban J connectivity index is 1.96. The van der Waals surface area contributed by atoms with Crippen LogP contribution >= 0.6 is 11.3 Å². The summed E-state index contributed by atoms with van der Waals surface area (Å²) in [4.78, 5) is 17.6. The lowest BCUT2D eigenvalue weighted by Gasteiger charge is -2.38. The maximum absolute atomic E-state index is 12.1. The molecule has 2 N–H and O–H groups in total. The topological polar surface area (TPSA) is 96.6 Å².